The van der Waals surface area contributed by atoms with Gasteiger partial charge < -0.3 is 19.5 Å². The summed E-state index contributed by atoms with van der Waals surface area (Å²) in [5.41, 5.74) is 2.69. The largest absolute Gasteiger partial charge is 0.497 e. The first kappa shape index (κ1) is 20.4. The molecule has 0 fully saturated rings. The highest BCUT2D eigenvalue weighted by Crippen LogP contribution is 2.25. The lowest BCUT2D eigenvalue weighted by Gasteiger charge is -2.32. The van der Waals surface area contributed by atoms with Crippen molar-refractivity contribution in [1.82, 2.24) is 10.6 Å². The minimum absolute atomic E-state index is 0.301. The SMILES string of the molecule is COC(=O)C1Cc2ccccc2C(NC(=O)C=Cc2cc(OC)cc(OC)c2)N1. The zero-order chi connectivity index (χ0) is 20.8. The molecule has 3 rings (SSSR count). The molecule has 7 heteroatoms. The van der Waals surface area contributed by atoms with Gasteiger partial charge in [-0.25, -0.2) is 0 Å². The van der Waals surface area contributed by atoms with Crippen LogP contribution in [-0.4, -0.2) is 39.2 Å². The maximum Gasteiger partial charge on any atom is 0.323 e. The highest BCUT2D eigenvalue weighted by atomic mass is 16.5. The zero-order valence-electron chi connectivity index (χ0n) is 16.6. The lowest BCUT2D eigenvalue weighted by molar-refractivity contribution is -0.143. The van der Waals surface area contributed by atoms with Crippen molar-refractivity contribution in [3.63, 3.8) is 0 Å². The van der Waals surface area contributed by atoms with Crippen LogP contribution in [0.3, 0.4) is 0 Å². The van der Waals surface area contributed by atoms with E-state index in [1.165, 1.54) is 13.2 Å². The Morgan fingerprint density at radius 1 is 1.07 bits per heavy atom. The normalized spacial score (nSPS) is 18.0. The maximum atomic E-state index is 12.5. The van der Waals surface area contributed by atoms with Gasteiger partial charge in [-0.3, -0.25) is 14.9 Å². The topological polar surface area (TPSA) is 85.9 Å². The third-order valence-electron chi connectivity index (χ3n) is 4.73. The average Bonchev–Trinajstić information content (AvgIpc) is 2.76. The number of fused-ring (bicyclic) bond motifs is 1. The van der Waals surface area contributed by atoms with E-state index in [0.717, 1.165) is 16.7 Å². The fourth-order valence-corrected chi connectivity index (χ4v) is 3.27. The summed E-state index contributed by atoms with van der Waals surface area (Å²) in [4.78, 5) is 24.5. The van der Waals surface area contributed by atoms with E-state index in [9.17, 15) is 9.59 Å². The van der Waals surface area contributed by atoms with Gasteiger partial charge in [0.1, 0.15) is 23.7 Å². The molecule has 0 aliphatic carbocycles. The molecule has 29 heavy (non-hydrogen) atoms. The van der Waals surface area contributed by atoms with Gasteiger partial charge in [0.05, 0.1) is 21.3 Å². The lowest BCUT2D eigenvalue weighted by Crippen LogP contribution is -2.50. The number of carbonyl (C=O) groups excluding carboxylic acids is 2. The Kier molecular flexibility index (Phi) is 6.51. The van der Waals surface area contributed by atoms with Crippen LogP contribution in [0.4, 0.5) is 0 Å². The summed E-state index contributed by atoms with van der Waals surface area (Å²) in [5, 5.41) is 6.05. The number of nitrogens with one attached hydrogen (secondary N) is 2. The molecule has 1 amide bonds. The predicted molar refractivity (Wildman–Crippen MR) is 109 cm³/mol. The van der Waals surface area contributed by atoms with Gasteiger partial charge >= 0.3 is 5.97 Å². The van der Waals surface area contributed by atoms with E-state index in [1.54, 1.807) is 38.5 Å². The van der Waals surface area contributed by atoms with Gasteiger partial charge in [0, 0.05) is 12.1 Å². The monoisotopic (exact) mass is 396 g/mol. The minimum atomic E-state index is -0.521. The number of hydrogen-bond donors (Lipinski definition) is 2. The molecule has 0 saturated carbocycles. The van der Waals surface area contributed by atoms with Gasteiger partial charge in [-0.15, -0.1) is 0 Å². The molecular weight excluding hydrogens is 372 g/mol. The van der Waals surface area contributed by atoms with Crippen molar-refractivity contribution in [2.75, 3.05) is 21.3 Å². The molecule has 0 saturated heterocycles. The van der Waals surface area contributed by atoms with E-state index in [1.807, 2.05) is 24.3 Å². The lowest BCUT2D eigenvalue weighted by atomic mass is 9.93. The zero-order valence-corrected chi connectivity index (χ0v) is 16.6. The van der Waals surface area contributed by atoms with Crippen molar-refractivity contribution >= 4 is 18.0 Å². The number of hydrogen-bond acceptors (Lipinski definition) is 6. The molecule has 0 aromatic heterocycles. The first-order valence-electron chi connectivity index (χ1n) is 9.17. The molecule has 1 aliphatic rings. The Bertz CT molecular complexity index is 903. The average molecular weight is 396 g/mol. The number of amides is 1. The van der Waals surface area contributed by atoms with Crippen molar-refractivity contribution in [2.24, 2.45) is 0 Å². The summed E-state index contributed by atoms with van der Waals surface area (Å²) < 4.78 is 15.3. The van der Waals surface area contributed by atoms with E-state index in [0.29, 0.717) is 17.9 Å². The summed E-state index contributed by atoms with van der Waals surface area (Å²) in [5.74, 6) is 0.601. The molecule has 2 aromatic carbocycles. The van der Waals surface area contributed by atoms with Crippen LogP contribution in [0, 0.1) is 0 Å². The summed E-state index contributed by atoms with van der Waals surface area (Å²) in [6.07, 6.45) is 3.11. The molecule has 7 nitrogen and oxygen atoms in total. The van der Waals surface area contributed by atoms with Crippen LogP contribution in [0.1, 0.15) is 22.9 Å². The molecule has 0 radical (unpaired) electrons. The van der Waals surface area contributed by atoms with E-state index in [4.69, 9.17) is 14.2 Å². The smallest absolute Gasteiger partial charge is 0.323 e. The van der Waals surface area contributed by atoms with Crippen molar-refractivity contribution in [1.29, 1.82) is 0 Å². The second-order valence-corrected chi connectivity index (χ2v) is 6.57. The number of carbonyl (C=O) groups is 2. The summed E-state index contributed by atoms with van der Waals surface area (Å²) in [7, 11) is 4.49. The van der Waals surface area contributed by atoms with Crippen molar-refractivity contribution < 1.29 is 23.8 Å². The van der Waals surface area contributed by atoms with Crippen molar-refractivity contribution in [3.8, 4) is 11.5 Å². The van der Waals surface area contributed by atoms with E-state index < -0.39 is 12.2 Å². The molecule has 152 valence electrons. The van der Waals surface area contributed by atoms with Gasteiger partial charge in [-0.2, -0.15) is 0 Å². The Morgan fingerprint density at radius 3 is 2.41 bits per heavy atom. The number of esters is 1. The van der Waals surface area contributed by atoms with E-state index in [-0.39, 0.29) is 11.9 Å². The van der Waals surface area contributed by atoms with Gasteiger partial charge in [-0.05, 0) is 41.3 Å². The van der Waals surface area contributed by atoms with Crippen LogP contribution < -0.4 is 20.1 Å². The predicted octanol–water partition coefficient (Wildman–Crippen LogP) is 2.22. The number of ether oxygens (including phenoxy) is 3. The van der Waals surface area contributed by atoms with Crippen LogP contribution in [0.15, 0.2) is 48.5 Å². The Hall–Kier alpha value is -3.32. The van der Waals surface area contributed by atoms with Gasteiger partial charge in [0.15, 0.2) is 0 Å². The molecule has 1 aliphatic heterocycles. The van der Waals surface area contributed by atoms with Crippen molar-refractivity contribution in [3.05, 3.63) is 65.2 Å². The molecular formula is C22H24N2O5. The third kappa shape index (κ3) is 4.94. The van der Waals surface area contributed by atoms with Crippen molar-refractivity contribution in [2.45, 2.75) is 18.6 Å². The van der Waals surface area contributed by atoms with Crippen LogP contribution in [0.25, 0.3) is 6.08 Å². The van der Waals surface area contributed by atoms with Crippen LogP contribution in [-0.2, 0) is 20.7 Å². The third-order valence-corrected chi connectivity index (χ3v) is 4.73. The first-order chi connectivity index (χ1) is 14.0. The molecule has 2 aromatic rings. The first-order valence-corrected chi connectivity index (χ1v) is 9.17. The molecule has 1 heterocycles. The highest BCUT2D eigenvalue weighted by Gasteiger charge is 2.31. The molecule has 0 spiro atoms. The maximum absolute atomic E-state index is 12.5. The van der Waals surface area contributed by atoms with Gasteiger partial charge in [-0.1, -0.05) is 24.3 Å². The number of benzene rings is 2. The molecule has 0 bridgehead atoms. The van der Waals surface area contributed by atoms with Crippen LogP contribution in [0.5, 0.6) is 11.5 Å². The Labute approximate surface area is 169 Å². The van der Waals surface area contributed by atoms with Gasteiger partial charge in [0.25, 0.3) is 0 Å². The number of rotatable bonds is 6. The van der Waals surface area contributed by atoms with E-state index in [2.05, 4.69) is 10.6 Å². The van der Waals surface area contributed by atoms with Crippen LogP contribution >= 0.6 is 0 Å². The summed E-state index contributed by atoms with van der Waals surface area (Å²) >= 11 is 0. The summed E-state index contributed by atoms with van der Waals surface area (Å²) in [6.45, 7) is 0. The van der Waals surface area contributed by atoms with Gasteiger partial charge in [0.2, 0.25) is 5.91 Å². The standard InChI is InChI=1S/C22H24N2O5/c1-27-16-10-14(11-17(13-16)28-2)8-9-20(25)24-21-18-7-5-4-6-15(18)12-19(23-21)22(26)29-3/h4-11,13,19,21,23H,12H2,1-3H3,(H,24,25). The molecule has 2 N–H and O–H groups in total. The Balaban J connectivity index is 1.76. The number of methoxy groups -OCH3 is 3. The fourth-order valence-electron chi connectivity index (χ4n) is 3.27. The fraction of sp³-hybridized carbons (Fsp3) is 0.273. The quantitative estimate of drug-likeness (QED) is 0.575. The molecule has 2 unspecified atom stereocenters. The summed E-state index contributed by atoms with van der Waals surface area (Å²) in [6, 6.07) is 12.5. The second kappa shape index (κ2) is 9.25. The Morgan fingerprint density at radius 2 is 1.76 bits per heavy atom. The second-order valence-electron chi connectivity index (χ2n) is 6.57. The molecule has 2 atom stereocenters. The highest BCUT2D eigenvalue weighted by molar-refractivity contribution is 5.92. The van der Waals surface area contributed by atoms with Crippen LogP contribution in [0.2, 0.25) is 0 Å². The van der Waals surface area contributed by atoms with E-state index >= 15 is 0 Å². The minimum Gasteiger partial charge on any atom is -0.497 e.